The van der Waals surface area contributed by atoms with Crippen molar-refractivity contribution in [2.24, 2.45) is 10.4 Å². The van der Waals surface area contributed by atoms with Gasteiger partial charge in [0.05, 0.1) is 5.75 Å². The molecular formula is C24H37IN4O2S. The summed E-state index contributed by atoms with van der Waals surface area (Å²) in [6, 6.07) is 15.1. The first-order valence-electron chi connectivity index (χ1n) is 11.0. The maximum Gasteiger partial charge on any atom is 0.193 e. The minimum Gasteiger partial charge on any atom is -0.356 e. The predicted octanol–water partition coefficient (Wildman–Crippen LogP) is 3.61. The number of halogens is 1. The lowest BCUT2D eigenvalue weighted by atomic mass is 9.90. The second kappa shape index (κ2) is 11.7. The van der Waals surface area contributed by atoms with Crippen molar-refractivity contribution in [1.82, 2.24) is 15.1 Å². The quantitative estimate of drug-likeness (QED) is 0.312. The number of piperazine rings is 1. The zero-order valence-electron chi connectivity index (χ0n) is 19.7. The number of hydrogen-bond donors (Lipinski definition) is 1. The summed E-state index contributed by atoms with van der Waals surface area (Å²) in [7, 11) is -1.13. The van der Waals surface area contributed by atoms with Gasteiger partial charge < -0.3 is 10.2 Å². The van der Waals surface area contributed by atoms with Crippen LogP contribution in [0.1, 0.15) is 25.8 Å². The Morgan fingerprint density at radius 1 is 1.06 bits per heavy atom. The molecule has 2 aromatic rings. The minimum atomic E-state index is -2.94. The van der Waals surface area contributed by atoms with Crippen LogP contribution >= 0.6 is 24.0 Å². The van der Waals surface area contributed by atoms with Crippen molar-refractivity contribution in [3.8, 4) is 0 Å². The van der Waals surface area contributed by atoms with Gasteiger partial charge in [0.15, 0.2) is 5.96 Å². The predicted molar refractivity (Wildman–Crippen MR) is 146 cm³/mol. The average Bonchev–Trinajstić information content (AvgIpc) is 2.74. The van der Waals surface area contributed by atoms with Crippen LogP contribution in [0.5, 0.6) is 0 Å². The molecule has 0 amide bonds. The summed E-state index contributed by atoms with van der Waals surface area (Å²) in [6.07, 6.45) is 1.93. The van der Waals surface area contributed by atoms with Gasteiger partial charge in [-0.1, -0.05) is 56.3 Å². The fraction of sp³-hybridized carbons (Fsp3) is 0.542. The average molecular weight is 573 g/mol. The third kappa shape index (κ3) is 7.88. The van der Waals surface area contributed by atoms with E-state index in [0.29, 0.717) is 13.0 Å². The summed E-state index contributed by atoms with van der Waals surface area (Å²) in [5, 5.41) is 6.09. The molecule has 0 atom stereocenters. The molecule has 32 heavy (non-hydrogen) atoms. The molecule has 1 aliphatic heterocycles. The lowest BCUT2D eigenvalue weighted by Crippen LogP contribution is -2.53. The zero-order chi connectivity index (χ0) is 22.5. The van der Waals surface area contributed by atoms with Crippen molar-refractivity contribution in [2.75, 3.05) is 51.8 Å². The Bertz CT molecular complexity index is 1010. The van der Waals surface area contributed by atoms with Crippen LogP contribution < -0.4 is 5.32 Å². The number of benzene rings is 2. The lowest BCUT2D eigenvalue weighted by Gasteiger charge is -2.37. The third-order valence-electron chi connectivity index (χ3n) is 6.03. The summed E-state index contributed by atoms with van der Waals surface area (Å²) >= 11 is 0. The van der Waals surface area contributed by atoms with E-state index in [-0.39, 0.29) is 35.1 Å². The summed E-state index contributed by atoms with van der Waals surface area (Å²) < 4.78 is 23.0. The molecule has 0 spiro atoms. The van der Waals surface area contributed by atoms with E-state index < -0.39 is 9.84 Å². The van der Waals surface area contributed by atoms with Gasteiger partial charge in [-0.3, -0.25) is 9.89 Å². The van der Waals surface area contributed by atoms with E-state index in [1.807, 2.05) is 7.05 Å². The molecule has 178 valence electrons. The Hall–Kier alpha value is -1.39. The molecule has 1 N–H and O–H groups in total. The van der Waals surface area contributed by atoms with Gasteiger partial charge in [-0.15, -0.1) is 24.0 Å². The number of fused-ring (bicyclic) bond motifs is 1. The zero-order valence-corrected chi connectivity index (χ0v) is 22.8. The Morgan fingerprint density at radius 3 is 2.38 bits per heavy atom. The second-order valence-electron chi connectivity index (χ2n) is 9.35. The molecule has 1 aliphatic rings. The molecule has 1 fully saturated rings. The summed E-state index contributed by atoms with van der Waals surface area (Å²) in [4.78, 5) is 9.27. The van der Waals surface area contributed by atoms with Crippen molar-refractivity contribution in [1.29, 1.82) is 0 Å². The van der Waals surface area contributed by atoms with E-state index in [1.54, 1.807) is 0 Å². The molecule has 3 rings (SSSR count). The molecule has 1 saturated heterocycles. The van der Waals surface area contributed by atoms with Crippen LogP contribution in [0.15, 0.2) is 47.5 Å². The van der Waals surface area contributed by atoms with E-state index in [0.717, 1.165) is 38.7 Å². The van der Waals surface area contributed by atoms with E-state index in [9.17, 15) is 8.42 Å². The SMILES string of the molecule is CN=C(NCC(C)(C)CCS(C)(=O)=O)N1CCN(Cc2cccc3ccccc23)CC1.I. The highest BCUT2D eigenvalue weighted by Gasteiger charge is 2.24. The minimum absolute atomic E-state index is 0. The van der Waals surface area contributed by atoms with Crippen molar-refractivity contribution in [2.45, 2.75) is 26.8 Å². The summed E-state index contributed by atoms with van der Waals surface area (Å²) in [6.45, 7) is 9.68. The number of nitrogens with one attached hydrogen (secondary N) is 1. The summed E-state index contributed by atoms with van der Waals surface area (Å²) in [5.74, 6) is 1.12. The number of rotatable bonds is 7. The normalized spacial score (nSPS) is 16.1. The van der Waals surface area contributed by atoms with Gasteiger partial charge in [0, 0.05) is 52.6 Å². The first-order valence-corrected chi connectivity index (χ1v) is 13.1. The first-order chi connectivity index (χ1) is 14.7. The standard InChI is InChI=1S/C24H36N4O2S.HI/c1-24(2,12-17-31(4,29)30)19-26-23(25-3)28-15-13-27(14-16-28)18-21-10-7-9-20-8-5-6-11-22(20)21;/h5-11H,12-19H2,1-4H3,(H,25,26);1H. The Balaban J connectivity index is 0.00000363. The Morgan fingerprint density at radius 2 is 1.72 bits per heavy atom. The number of hydrogen-bond acceptors (Lipinski definition) is 4. The Labute approximate surface area is 210 Å². The van der Waals surface area contributed by atoms with Crippen LogP contribution in [0.4, 0.5) is 0 Å². The van der Waals surface area contributed by atoms with E-state index in [2.05, 4.69) is 76.4 Å². The second-order valence-corrected chi connectivity index (χ2v) is 11.6. The van der Waals surface area contributed by atoms with Crippen LogP contribution in [0.25, 0.3) is 10.8 Å². The fourth-order valence-corrected chi connectivity index (χ4v) is 4.91. The molecule has 0 unspecified atom stereocenters. The van der Waals surface area contributed by atoms with E-state index in [1.165, 1.54) is 22.6 Å². The van der Waals surface area contributed by atoms with Gasteiger partial charge in [0.2, 0.25) is 0 Å². The maximum absolute atomic E-state index is 11.5. The largest absolute Gasteiger partial charge is 0.356 e. The van der Waals surface area contributed by atoms with Crippen molar-refractivity contribution in [3.63, 3.8) is 0 Å². The van der Waals surface area contributed by atoms with Crippen LogP contribution in [0, 0.1) is 5.41 Å². The van der Waals surface area contributed by atoms with Gasteiger partial charge in [0.25, 0.3) is 0 Å². The molecule has 0 bridgehead atoms. The molecule has 0 saturated carbocycles. The highest BCUT2D eigenvalue weighted by Crippen LogP contribution is 2.21. The highest BCUT2D eigenvalue weighted by atomic mass is 127. The molecule has 0 aliphatic carbocycles. The molecule has 1 heterocycles. The molecule has 2 aromatic carbocycles. The van der Waals surface area contributed by atoms with Crippen LogP contribution in [0.2, 0.25) is 0 Å². The van der Waals surface area contributed by atoms with Gasteiger partial charge >= 0.3 is 0 Å². The maximum atomic E-state index is 11.5. The van der Waals surface area contributed by atoms with Crippen molar-refractivity contribution >= 4 is 50.5 Å². The third-order valence-corrected chi connectivity index (χ3v) is 6.98. The van der Waals surface area contributed by atoms with Crippen LogP contribution in [0.3, 0.4) is 0 Å². The van der Waals surface area contributed by atoms with E-state index in [4.69, 9.17) is 0 Å². The van der Waals surface area contributed by atoms with Gasteiger partial charge in [-0.2, -0.15) is 0 Å². The summed E-state index contributed by atoms with van der Waals surface area (Å²) in [5.41, 5.74) is 1.26. The topological polar surface area (TPSA) is 65.0 Å². The highest BCUT2D eigenvalue weighted by molar-refractivity contribution is 14.0. The fourth-order valence-electron chi connectivity index (χ4n) is 3.99. The van der Waals surface area contributed by atoms with Gasteiger partial charge in [0.1, 0.15) is 9.84 Å². The molecule has 0 aromatic heterocycles. The molecule has 0 radical (unpaired) electrons. The first kappa shape index (κ1) is 26.9. The van der Waals surface area contributed by atoms with Crippen molar-refractivity contribution in [3.05, 3.63) is 48.0 Å². The van der Waals surface area contributed by atoms with Crippen LogP contribution in [-0.4, -0.2) is 76.0 Å². The monoisotopic (exact) mass is 572 g/mol. The smallest absolute Gasteiger partial charge is 0.193 e. The van der Waals surface area contributed by atoms with Gasteiger partial charge in [-0.05, 0) is 28.2 Å². The number of sulfone groups is 1. The van der Waals surface area contributed by atoms with E-state index >= 15 is 0 Å². The number of guanidine groups is 1. The number of nitrogens with zero attached hydrogens (tertiary/aromatic N) is 3. The van der Waals surface area contributed by atoms with Crippen LogP contribution in [-0.2, 0) is 16.4 Å². The lowest BCUT2D eigenvalue weighted by molar-refractivity contribution is 0.172. The Kier molecular flexibility index (Phi) is 9.78. The number of aliphatic imine (C=N–C) groups is 1. The van der Waals surface area contributed by atoms with Crippen molar-refractivity contribution < 1.29 is 8.42 Å². The molecule has 8 heteroatoms. The molecule has 6 nitrogen and oxygen atoms in total. The van der Waals surface area contributed by atoms with Gasteiger partial charge in [-0.25, -0.2) is 8.42 Å². The molecular weight excluding hydrogens is 535 g/mol.